The molecule has 0 fully saturated rings. The molecule has 0 unspecified atom stereocenters. The fourth-order valence-corrected chi connectivity index (χ4v) is 1.87. The quantitative estimate of drug-likeness (QED) is 0.495. The van der Waals surface area contributed by atoms with Crippen LogP contribution in [0.1, 0.15) is 6.92 Å². The molecule has 0 aliphatic carbocycles. The minimum Gasteiger partial charge on any atom is -0.269 e. The summed E-state index contributed by atoms with van der Waals surface area (Å²) in [5.41, 5.74) is 1.41. The van der Waals surface area contributed by atoms with Gasteiger partial charge in [-0.2, -0.15) is 0 Å². The van der Waals surface area contributed by atoms with E-state index in [0.29, 0.717) is 0 Å². The average molecular weight is 137 g/mol. The molecule has 0 amide bonds. The van der Waals surface area contributed by atoms with E-state index in [1.165, 1.54) is 15.5 Å². The lowest BCUT2D eigenvalue weighted by molar-refractivity contribution is 1.23. The van der Waals surface area contributed by atoms with Gasteiger partial charge in [0.1, 0.15) is 4.67 Å². The molecule has 0 radical (unpaired) electrons. The van der Waals surface area contributed by atoms with Gasteiger partial charge in [-0.25, -0.2) is 0 Å². The van der Waals surface area contributed by atoms with Crippen molar-refractivity contribution in [3.63, 3.8) is 0 Å². The average Bonchev–Trinajstić information content (AvgIpc) is 2.35. The summed E-state index contributed by atoms with van der Waals surface area (Å²) in [4.78, 5) is 4.32. The molecule has 0 N–H and O–H groups in total. The maximum Gasteiger partial charge on any atom is 0.118 e. The summed E-state index contributed by atoms with van der Waals surface area (Å²) >= 11 is 1.73. The van der Waals surface area contributed by atoms with Crippen LogP contribution in [0, 0.1) is 0 Å². The monoisotopic (exact) mass is 137 g/mol. The molecular formula is C7H7NS. The smallest absolute Gasteiger partial charge is 0.118 e. The van der Waals surface area contributed by atoms with E-state index in [0.717, 1.165) is 6.54 Å². The second-order valence-corrected chi connectivity index (χ2v) is 3.13. The number of thiophene rings is 1. The minimum absolute atomic E-state index is 0.919. The van der Waals surface area contributed by atoms with E-state index in [1.807, 2.05) is 0 Å². The Morgan fingerprint density at radius 3 is 3.33 bits per heavy atom. The summed E-state index contributed by atoms with van der Waals surface area (Å²) < 4.78 is 1.22. The van der Waals surface area contributed by atoms with Gasteiger partial charge in [-0.1, -0.05) is 0 Å². The second kappa shape index (κ2) is 1.67. The standard InChI is InChI=1S/C7H7NS/c1-5-4-8-7-6(5)2-3-9-7/h2-3H,4H2,1H3. The Labute approximate surface area is 57.4 Å². The first-order valence-electron chi connectivity index (χ1n) is 2.96. The van der Waals surface area contributed by atoms with E-state index in [9.17, 15) is 0 Å². The molecule has 1 aromatic heterocycles. The third kappa shape index (κ3) is 0.630. The Bertz CT molecular complexity index is 334. The van der Waals surface area contributed by atoms with Crippen molar-refractivity contribution >= 4 is 16.9 Å². The van der Waals surface area contributed by atoms with Crippen molar-refractivity contribution in [2.45, 2.75) is 6.92 Å². The Balaban J connectivity index is 3.02. The molecule has 2 rings (SSSR count). The second-order valence-electron chi connectivity index (χ2n) is 2.24. The number of rotatable bonds is 0. The van der Waals surface area contributed by atoms with Crippen LogP contribution >= 0.6 is 11.3 Å². The highest BCUT2D eigenvalue weighted by atomic mass is 32.1. The molecule has 0 bridgehead atoms. The highest BCUT2D eigenvalue weighted by molar-refractivity contribution is 7.07. The molecule has 2 heteroatoms. The van der Waals surface area contributed by atoms with E-state index in [-0.39, 0.29) is 0 Å². The van der Waals surface area contributed by atoms with Gasteiger partial charge in [0.15, 0.2) is 0 Å². The van der Waals surface area contributed by atoms with Gasteiger partial charge in [-0.3, -0.25) is 4.99 Å². The SMILES string of the molecule is CC1=c2ccsc2=NC1. The summed E-state index contributed by atoms with van der Waals surface area (Å²) in [6.07, 6.45) is 0. The zero-order valence-corrected chi connectivity index (χ0v) is 6.03. The lowest BCUT2D eigenvalue weighted by Gasteiger charge is -1.81. The van der Waals surface area contributed by atoms with Gasteiger partial charge < -0.3 is 0 Å². The molecule has 1 aromatic rings. The zero-order valence-electron chi connectivity index (χ0n) is 5.22. The Morgan fingerprint density at radius 1 is 1.67 bits per heavy atom. The van der Waals surface area contributed by atoms with Crippen LogP contribution in [0.5, 0.6) is 0 Å². The van der Waals surface area contributed by atoms with Crippen molar-refractivity contribution in [2.75, 3.05) is 6.54 Å². The summed E-state index contributed by atoms with van der Waals surface area (Å²) in [6.45, 7) is 3.06. The first kappa shape index (κ1) is 5.18. The minimum atomic E-state index is 0.919. The van der Waals surface area contributed by atoms with Crippen LogP contribution in [0.2, 0.25) is 0 Å². The molecule has 9 heavy (non-hydrogen) atoms. The molecule has 0 saturated carbocycles. The molecule has 2 heterocycles. The van der Waals surface area contributed by atoms with Gasteiger partial charge in [-0.05, 0) is 23.9 Å². The Morgan fingerprint density at radius 2 is 2.56 bits per heavy atom. The largest absolute Gasteiger partial charge is 0.269 e. The van der Waals surface area contributed by atoms with Crippen molar-refractivity contribution < 1.29 is 0 Å². The van der Waals surface area contributed by atoms with Crippen molar-refractivity contribution in [3.8, 4) is 0 Å². The number of hydrogen-bond donors (Lipinski definition) is 0. The lowest BCUT2D eigenvalue weighted by atomic mass is 10.3. The molecule has 1 aliphatic rings. The molecule has 1 aliphatic heterocycles. The predicted octanol–water partition coefficient (Wildman–Crippen LogP) is 0.552. The third-order valence-electron chi connectivity index (χ3n) is 1.56. The number of fused-ring (bicyclic) bond motifs is 1. The summed E-state index contributed by atoms with van der Waals surface area (Å²) in [7, 11) is 0. The van der Waals surface area contributed by atoms with Crippen LogP contribution < -0.4 is 9.89 Å². The van der Waals surface area contributed by atoms with Gasteiger partial charge in [0.05, 0.1) is 6.54 Å². The van der Waals surface area contributed by atoms with E-state index in [2.05, 4.69) is 23.4 Å². The Hall–Kier alpha value is -0.630. The molecule has 0 saturated heterocycles. The van der Waals surface area contributed by atoms with E-state index in [1.54, 1.807) is 11.3 Å². The Kier molecular flexibility index (Phi) is 0.963. The molecule has 0 atom stereocenters. The lowest BCUT2D eigenvalue weighted by Crippen LogP contribution is -2.14. The maximum atomic E-state index is 4.32. The van der Waals surface area contributed by atoms with Crippen LogP contribution in [0.15, 0.2) is 16.4 Å². The first-order valence-corrected chi connectivity index (χ1v) is 3.83. The topological polar surface area (TPSA) is 12.4 Å². The zero-order chi connectivity index (χ0) is 6.27. The summed E-state index contributed by atoms with van der Waals surface area (Å²) in [5, 5.41) is 3.46. The van der Waals surface area contributed by atoms with Crippen LogP contribution in [-0.2, 0) is 0 Å². The highest BCUT2D eigenvalue weighted by Gasteiger charge is 1.99. The fourth-order valence-electron chi connectivity index (χ4n) is 1.02. The van der Waals surface area contributed by atoms with Crippen molar-refractivity contribution in [1.29, 1.82) is 0 Å². The summed E-state index contributed by atoms with van der Waals surface area (Å²) in [6, 6.07) is 2.14. The first-order chi connectivity index (χ1) is 4.38. The highest BCUT2D eigenvalue weighted by Crippen LogP contribution is 1.96. The maximum absolute atomic E-state index is 4.32. The van der Waals surface area contributed by atoms with Crippen LogP contribution in [0.4, 0.5) is 0 Å². The van der Waals surface area contributed by atoms with Crippen LogP contribution in [-0.4, -0.2) is 6.54 Å². The number of nitrogens with zero attached hydrogens (tertiary/aromatic N) is 1. The third-order valence-corrected chi connectivity index (χ3v) is 2.41. The van der Waals surface area contributed by atoms with Crippen molar-refractivity contribution in [1.82, 2.24) is 0 Å². The molecular weight excluding hydrogens is 130 g/mol. The van der Waals surface area contributed by atoms with Gasteiger partial charge in [-0.15, -0.1) is 11.3 Å². The van der Waals surface area contributed by atoms with Gasteiger partial charge in [0.25, 0.3) is 0 Å². The van der Waals surface area contributed by atoms with Crippen molar-refractivity contribution in [3.05, 3.63) is 21.3 Å². The normalized spacial score (nSPS) is 15.4. The van der Waals surface area contributed by atoms with E-state index < -0.39 is 0 Å². The number of hydrogen-bond acceptors (Lipinski definition) is 2. The molecule has 46 valence electrons. The van der Waals surface area contributed by atoms with Gasteiger partial charge >= 0.3 is 0 Å². The summed E-state index contributed by atoms with van der Waals surface area (Å²) in [5.74, 6) is 0. The van der Waals surface area contributed by atoms with Gasteiger partial charge in [0, 0.05) is 5.22 Å². The predicted molar refractivity (Wildman–Crippen MR) is 39.0 cm³/mol. The van der Waals surface area contributed by atoms with Gasteiger partial charge in [0.2, 0.25) is 0 Å². The van der Waals surface area contributed by atoms with Crippen molar-refractivity contribution in [2.24, 2.45) is 4.99 Å². The fraction of sp³-hybridized carbons (Fsp3) is 0.286. The molecule has 0 spiro atoms. The molecule has 1 nitrogen and oxygen atoms in total. The van der Waals surface area contributed by atoms with E-state index >= 15 is 0 Å². The van der Waals surface area contributed by atoms with Crippen LogP contribution in [0.3, 0.4) is 0 Å². The van der Waals surface area contributed by atoms with Crippen LogP contribution in [0.25, 0.3) is 5.57 Å². The molecule has 0 aromatic carbocycles. The van der Waals surface area contributed by atoms with E-state index in [4.69, 9.17) is 0 Å².